The Hall–Kier alpha value is -1.36. The summed E-state index contributed by atoms with van der Waals surface area (Å²) >= 11 is 0. The van der Waals surface area contributed by atoms with Gasteiger partial charge in [-0.3, -0.25) is 9.48 Å². The molecule has 0 aliphatic carbocycles. The lowest BCUT2D eigenvalue weighted by atomic mass is 10.0. The molecule has 0 aromatic carbocycles. The maximum Gasteiger partial charge on any atom is 0.250 e. The summed E-state index contributed by atoms with van der Waals surface area (Å²) in [5, 5.41) is 13.5. The van der Waals surface area contributed by atoms with Gasteiger partial charge in [-0.15, -0.1) is 0 Å². The average Bonchev–Trinajstić information content (AvgIpc) is 2.86. The van der Waals surface area contributed by atoms with E-state index in [2.05, 4.69) is 5.10 Å². The number of hydrogen-bond donors (Lipinski definition) is 1. The quantitative estimate of drug-likeness (QED) is 0.779. The zero-order chi connectivity index (χ0) is 11.8. The average molecular weight is 223 g/mol. The molecular weight excluding hydrogens is 206 g/mol. The summed E-state index contributed by atoms with van der Waals surface area (Å²) in [7, 11) is 0. The van der Waals surface area contributed by atoms with Crippen LogP contribution in [-0.2, 0) is 10.3 Å². The minimum Gasteiger partial charge on any atom is -0.391 e. The second-order valence-electron chi connectivity index (χ2n) is 4.70. The first-order chi connectivity index (χ1) is 7.51. The minimum absolute atomic E-state index is 0.00718. The number of rotatable bonds is 2. The first kappa shape index (κ1) is 11.1. The predicted octanol–water partition coefficient (Wildman–Crippen LogP) is 0.211. The van der Waals surface area contributed by atoms with Crippen molar-refractivity contribution in [3.05, 3.63) is 18.5 Å². The Morgan fingerprint density at radius 1 is 1.56 bits per heavy atom. The first-order valence-electron chi connectivity index (χ1n) is 5.49. The second kappa shape index (κ2) is 3.90. The summed E-state index contributed by atoms with van der Waals surface area (Å²) in [6.07, 6.45) is 3.73. The molecule has 1 unspecified atom stereocenters. The molecule has 16 heavy (non-hydrogen) atoms. The molecule has 1 aliphatic heterocycles. The molecule has 0 spiro atoms. The molecule has 1 fully saturated rings. The van der Waals surface area contributed by atoms with Crippen molar-refractivity contribution in [1.29, 1.82) is 0 Å². The van der Waals surface area contributed by atoms with Gasteiger partial charge in [-0.05, 0) is 26.3 Å². The van der Waals surface area contributed by atoms with Gasteiger partial charge in [0.2, 0.25) is 5.91 Å². The Bertz CT molecular complexity index is 373. The fraction of sp³-hybridized carbons (Fsp3) is 0.636. The number of aromatic nitrogens is 2. The van der Waals surface area contributed by atoms with Gasteiger partial charge in [0.1, 0.15) is 5.54 Å². The number of aliphatic hydroxyl groups excluding tert-OH is 1. The Morgan fingerprint density at radius 2 is 2.31 bits per heavy atom. The number of β-amino-alcohol motifs (C(OH)–C–C–N with tert-alkyl or cyclic N) is 1. The van der Waals surface area contributed by atoms with Gasteiger partial charge in [-0.2, -0.15) is 5.10 Å². The Balaban J connectivity index is 2.15. The van der Waals surface area contributed by atoms with Crippen LogP contribution in [0.25, 0.3) is 0 Å². The van der Waals surface area contributed by atoms with Crippen LogP contribution in [-0.4, -0.2) is 44.9 Å². The highest BCUT2D eigenvalue weighted by Gasteiger charge is 2.37. The summed E-state index contributed by atoms with van der Waals surface area (Å²) in [6.45, 7) is 4.74. The molecule has 2 rings (SSSR count). The standard InChI is InChI=1S/C11H17N3O2/c1-11(2,14-6-3-5-12-14)10(16)13-7-4-9(15)8-13/h3,5-6,9,15H,4,7-8H2,1-2H3. The van der Waals surface area contributed by atoms with Crippen molar-refractivity contribution in [2.45, 2.75) is 31.9 Å². The minimum atomic E-state index is -0.687. The number of hydrogen-bond acceptors (Lipinski definition) is 3. The van der Waals surface area contributed by atoms with E-state index in [9.17, 15) is 9.90 Å². The van der Waals surface area contributed by atoms with E-state index < -0.39 is 5.54 Å². The van der Waals surface area contributed by atoms with Gasteiger partial charge >= 0.3 is 0 Å². The van der Waals surface area contributed by atoms with Crippen molar-refractivity contribution >= 4 is 5.91 Å². The number of nitrogens with zero attached hydrogens (tertiary/aromatic N) is 3. The van der Waals surface area contributed by atoms with Crippen LogP contribution in [0.15, 0.2) is 18.5 Å². The molecule has 5 heteroatoms. The van der Waals surface area contributed by atoms with Crippen LogP contribution < -0.4 is 0 Å². The zero-order valence-electron chi connectivity index (χ0n) is 9.63. The van der Waals surface area contributed by atoms with E-state index in [-0.39, 0.29) is 12.0 Å². The number of carbonyl (C=O) groups excluding carboxylic acids is 1. The van der Waals surface area contributed by atoms with Crippen molar-refractivity contribution in [2.24, 2.45) is 0 Å². The van der Waals surface area contributed by atoms with Crippen molar-refractivity contribution in [3.63, 3.8) is 0 Å². The number of carbonyl (C=O) groups is 1. The van der Waals surface area contributed by atoms with Gasteiger partial charge in [-0.1, -0.05) is 0 Å². The van der Waals surface area contributed by atoms with E-state index >= 15 is 0 Å². The SMILES string of the molecule is CC(C)(C(=O)N1CCC(O)C1)n1cccn1. The molecule has 0 radical (unpaired) electrons. The van der Waals surface area contributed by atoms with Crippen LogP contribution >= 0.6 is 0 Å². The summed E-state index contributed by atoms with van der Waals surface area (Å²) in [5.74, 6) is 0.00718. The van der Waals surface area contributed by atoms with Crippen LogP contribution in [0.2, 0.25) is 0 Å². The van der Waals surface area contributed by atoms with E-state index in [1.165, 1.54) is 0 Å². The smallest absolute Gasteiger partial charge is 0.250 e. The van der Waals surface area contributed by atoms with Crippen molar-refractivity contribution in [2.75, 3.05) is 13.1 Å². The molecule has 5 nitrogen and oxygen atoms in total. The molecular formula is C11H17N3O2. The molecule has 1 N–H and O–H groups in total. The number of aliphatic hydroxyl groups is 1. The third-order valence-electron chi connectivity index (χ3n) is 3.05. The van der Waals surface area contributed by atoms with Crippen molar-refractivity contribution in [1.82, 2.24) is 14.7 Å². The van der Waals surface area contributed by atoms with Crippen molar-refractivity contribution in [3.8, 4) is 0 Å². The molecule has 2 heterocycles. The van der Waals surface area contributed by atoms with Gasteiger partial charge in [0.25, 0.3) is 0 Å². The number of amides is 1. The highest BCUT2D eigenvalue weighted by molar-refractivity contribution is 5.83. The third kappa shape index (κ3) is 1.82. The molecule has 0 saturated carbocycles. The van der Waals surface area contributed by atoms with Gasteiger partial charge in [0, 0.05) is 25.5 Å². The number of likely N-dealkylation sites (tertiary alicyclic amines) is 1. The third-order valence-corrected chi connectivity index (χ3v) is 3.05. The highest BCUT2D eigenvalue weighted by atomic mass is 16.3. The van der Waals surface area contributed by atoms with Crippen LogP contribution in [0.3, 0.4) is 0 Å². The molecule has 1 atom stereocenters. The van der Waals surface area contributed by atoms with E-state index in [1.807, 2.05) is 13.8 Å². The first-order valence-corrected chi connectivity index (χ1v) is 5.49. The van der Waals surface area contributed by atoms with E-state index in [0.29, 0.717) is 19.5 Å². The molecule has 1 aromatic heterocycles. The summed E-state index contributed by atoms with van der Waals surface area (Å²) in [5.41, 5.74) is -0.687. The van der Waals surface area contributed by atoms with Crippen LogP contribution in [0.4, 0.5) is 0 Å². The Labute approximate surface area is 94.7 Å². The lowest BCUT2D eigenvalue weighted by molar-refractivity contribution is -0.139. The van der Waals surface area contributed by atoms with Crippen molar-refractivity contribution < 1.29 is 9.90 Å². The van der Waals surface area contributed by atoms with Crippen LogP contribution in [0.1, 0.15) is 20.3 Å². The topological polar surface area (TPSA) is 58.4 Å². The normalized spacial score (nSPS) is 21.4. The van der Waals surface area contributed by atoms with Gasteiger partial charge < -0.3 is 10.0 Å². The molecule has 88 valence electrons. The highest BCUT2D eigenvalue weighted by Crippen LogP contribution is 2.20. The molecule has 1 aromatic rings. The largest absolute Gasteiger partial charge is 0.391 e. The zero-order valence-corrected chi connectivity index (χ0v) is 9.63. The van der Waals surface area contributed by atoms with E-state index in [1.54, 1.807) is 28.0 Å². The fourth-order valence-corrected chi connectivity index (χ4v) is 2.01. The van der Waals surface area contributed by atoms with Gasteiger partial charge in [-0.25, -0.2) is 0 Å². The van der Waals surface area contributed by atoms with Crippen LogP contribution in [0, 0.1) is 0 Å². The monoisotopic (exact) mass is 223 g/mol. The Kier molecular flexibility index (Phi) is 2.71. The maximum atomic E-state index is 12.3. The lowest BCUT2D eigenvalue weighted by Crippen LogP contribution is -2.46. The van der Waals surface area contributed by atoms with Gasteiger partial charge in [0.15, 0.2) is 0 Å². The summed E-state index contributed by atoms with van der Waals surface area (Å²) in [6, 6.07) is 1.80. The molecule has 1 aliphatic rings. The van der Waals surface area contributed by atoms with Gasteiger partial charge in [0.05, 0.1) is 6.10 Å². The lowest BCUT2D eigenvalue weighted by Gasteiger charge is -2.29. The fourth-order valence-electron chi connectivity index (χ4n) is 2.01. The Morgan fingerprint density at radius 3 is 2.81 bits per heavy atom. The molecule has 1 amide bonds. The maximum absolute atomic E-state index is 12.3. The predicted molar refractivity (Wildman–Crippen MR) is 58.8 cm³/mol. The van der Waals surface area contributed by atoms with Crippen LogP contribution in [0.5, 0.6) is 0 Å². The summed E-state index contributed by atoms with van der Waals surface area (Å²) < 4.78 is 1.65. The molecule has 1 saturated heterocycles. The molecule has 0 bridgehead atoms. The second-order valence-corrected chi connectivity index (χ2v) is 4.70. The van der Waals surface area contributed by atoms with E-state index in [4.69, 9.17) is 0 Å². The van der Waals surface area contributed by atoms with E-state index in [0.717, 1.165) is 0 Å². The summed E-state index contributed by atoms with van der Waals surface area (Å²) in [4.78, 5) is 14.0.